The monoisotopic (exact) mass is 256 g/mol. The summed E-state index contributed by atoms with van der Waals surface area (Å²) in [6.07, 6.45) is 0. The first-order valence-corrected chi connectivity index (χ1v) is 6.39. The Morgan fingerprint density at radius 2 is 1.62 bits per heavy atom. The molecule has 0 heterocycles. The van der Waals surface area contributed by atoms with Crippen molar-refractivity contribution in [3.8, 4) is 0 Å². The molecule has 1 nitrogen and oxygen atoms in total. The molecule has 68 valence electrons. The molecule has 1 aromatic rings. The van der Waals surface area contributed by atoms with E-state index in [0.717, 1.165) is 9.78 Å². The van der Waals surface area contributed by atoms with Crippen LogP contribution in [0.25, 0.3) is 0 Å². The van der Waals surface area contributed by atoms with Gasteiger partial charge in [0.05, 0.1) is 0 Å². The Hall–Kier alpha value is -0.590. The zero-order valence-electron chi connectivity index (χ0n) is 7.11. The first-order valence-electron chi connectivity index (χ1n) is 3.75. The van der Waals surface area contributed by atoms with E-state index in [1.165, 1.54) is 11.6 Å². The summed E-state index contributed by atoms with van der Waals surface area (Å²) in [6, 6.07) is 7.34. The van der Waals surface area contributed by atoms with E-state index >= 15 is 0 Å². The van der Waals surface area contributed by atoms with Gasteiger partial charge >= 0.3 is 0 Å². The molecule has 0 saturated heterocycles. The molecule has 0 aliphatic rings. The van der Waals surface area contributed by atoms with Crippen LogP contribution in [-0.4, -0.2) is 0 Å². The number of rotatable bonds is 3. The second kappa shape index (κ2) is 4.08. The van der Waals surface area contributed by atoms with Crippen molar-refractivity contribution >= 4 is 28.4 Å². The van der Waals surface area contributed by atoms with Gasteiger partial charge < -0.3 is 4.57 Å². The van der Waals surface area contributed by atoms with Crippen LogP contribution in [0.15, 0.2) is 53.5 Å². The number of halogens is 1. The smallest absolute Gasteiger partial charge is 0.156 e. The molecule has 0 aliphatic heterocycles. The molecule has 0 unspecified atom stereocenters. The van der Waals surface area contributed by atoms with Crippen LogP contribution in [0.1, 0.15) is 0 Å². The van der Waals surface area contributed by atoms with E-state index < -0.39 is 7.14 Å². The van der Waals surface area contributed by atoms with Gasteiger partial charge in [-0.15, -0.1) is 0 Å². The number of benzene rings is 1. The van der Waals surface area contributed by atoms with Gasteiger partial charge in [0.1, 0.15) is 0 Å². The molecule has 1 aromatic carbocycles. The molecule has 0 amide bonds. The van der Waals surface area contributed by atoms with Crippen LogP contribution in [-0.2, 0) is 4.57 Å². The predicted octanol–water partition coefficient (Wildman–Crippen LogP) is 3.72. The lowest BCUT2D eigenvalue weighted by atomic mass is 10.4. The van der Waals surface area contributed by atoms with Crippen LogP contribution in [0.2, 0.25) is 0 Å². The molecule has 13 heavy (non-hydrogen) atoms. The average Bonchev–Trinajstić information content (AvgIpc) is 2.18. The Morgan fingerprint density at radius 3 is 2.00 bits per heavy atom. The van der Waals surface area contributed by atoms with Crippen LogP contribution in [0, 0.1) is 0 Å². The van der Waals surface area contributed by atoms with Crippen LogP contribution in [0.3, 0.4) is 0 Å². The summed E-state index contributed by atoms with van der Waals surface area (Å²) in [5.74, 6) is 2.92. The first kappa shape index (κ1) is 10.5. The highest BCUT2D eigenvalue weighted by Gasteiger charge is 2.14. The Bertz CT molecular complexity index is 355. The molecular formula is C10H10BrOP. The molecular weight excluding hydrogens is 247 g/mol. The van der Waals surface area contributed by atoms with E-state index in [0.29, 0.717) is 0 Å². The van der Waals surface area contributed by atoms with Gasteiger partial charge in [-0.1, -0.05) is 29.1 Å². The third kappa shape index (κ3) is 2.20. The standard InChI is InChI=1S/C10H10BrOP/c1-3-13(12,4-2)10-7-5-9(11)6-8-10/h3-8H,1-2H2. The van der Waals surface area contributed by atoms with Crippen LogP contribution < -0.4 is 5.30 Å². The van der Waals surface area contributed by atoms with Gasteiger partial charge in [-0.25, -0.2) is 0 Å². The molecule has 0 atom stereocenters. The Labute approximate surface area is 86.7 Å². The summed E-state index contributed by atoms with van der Waals surface area (Å²) in [5, 5.41) is 0.765. The van der Waals surface area contributed by atoms with Crippen molar-refractivity contribution in [3.63, 3.8) is 0 Å². The second-order valence-corrected chi connectivity index (χ2v) is 6.13. The maximum absolute atomic E-state index is 12.0. The van der Waals surface area contributed by atoms with Crippen LogP contribution in [0.5, 0.6) is 0 Å². The van der Waals surface area contributed by atoms with E-state index in [9.17, 15) is 4.57 Å². The molecule has 0 spiro atoms. The average molecular weight is 257 g/mol. The third-order valence-electron chi connectivity index (χ3n) is 1.77. The summed E-state index contributed by atoms with van der Waals surface area (Å²) in [5.41, 5.74) is 0. The summed E-state index contributed by atoms with van der Waals surface area (Å²) < 4.78 is 13.0. The maximum Gasteiger partial charge on any atom is 0.156 e. The van der Waals surface area contributed by atoms with Crippen LogP contribution >= 0.6 is 23.1 Å². The lowest BCUT2D eigenvalue weighted by Crippen LogP contribution is -1.99. The second-order valence-electron chi connectivity index (χ2n) is 2.55. The molecule has 0 aromatic heterocycles. The fourth-order valence-corrected chi connectivity index (χ4v) is 2.41. The lowest BCUT2D eigenvalue weighted by Gasteiger charge is -2.08. The molecule has 1 rings (SSSR count). The van der Waals surface area contributed by atoms with Crippen molar-refractivity contribution in [1.29, 1.82) is 0 Å². The fourth-order valence-electron chi connectivity index (χ4n) is 0.959. The fraction of sp³-hybridized carbons (Fsp3) is 0. The van der Waals surface area contributed by atoms with Crippen molar-refractivity contribution in [3.05, 3.63) is 53.5 Å². The summed E-state index contributed by atoms with van der Waals surface area (Å²) in [7, 11) is -2.55. The summed E-state index contributed by atoms with van der Waals surface area (Å²) in [4.78, 5) is 0. The van der Waals surface area contributed by atoms with Crippen molar-refractivity contribution < 1.29 is 4.57 Å². The molecule has 0 N–H and O–H groups in total. The Morgan fingerprint density at radius 1 is 1.15 bits per heavy atom. The topological polar surface area (TPSA) is 17.1 Å². The lowest BCUT2D eigenvalue weighted by molar-refractivity contribution is 0.592. The van der Waals surface area contributed by atoms with Gasteiger partial charge in [-0.2, -0.15) is 0 Å². The summed E-state index contributed by atoms with van der Waals surface area (Å²) in [6.45, 7) is 7.11. The minimum atomic E-state index is -2.55. The third-order valence-corrected chi connectivity index (χ3v) is 4.49. The SMILES string of the molecule is C=CP(=O)(C=C)c1ccc(Br)cc1. The van der Waals surface area contributed by atoms with Gasteiger partial charge in [-0.05, 0) is 35.9 Å². The Balaban J connectivity index is 3.21. The minimum absolute atomic E-state index is 0.765. The van der Waals surface area contributed by atoms with Gasteiger partial charge in [0.2, 0.25) is 0 Å². The zero-order chi connectivity index (χ0) is 9.90. The van der Waals surface area contributed by atoms with Crippen molar-refractivity contribution in [2.75, 3.05) is 0 Å². The quantitative estimate of drug-likeness (QED) is 0.754. The maximum atomic E-state index is 12.0. The molecule has 0 saturated carbocycles. The normalized spacial score (nSPS) is 10.8. The van der Waals surface area contributed by atoms with E-state index in [1.54, 1.807) is 0 Å². The van der Waals surface area contributed by atoms with Crippen molar-refractivity contribution in [2.24, 2.45) is 0 Å². The zero-order valence-corrected chi connectivity index (χ0v) is 9.59. The predicted molar refractivity (Wildman–Crippen MR) is 61.8 cm³/mol. The summed E-state index contributed by atoms with van der Waals surface area (Å²) >= 11 is 3.31. The van der Waals surface area contributed by atoms with Gasteiger partial charge in [0, 0.05) is 9.78 Å². The molecule has 0 bridgehead atoms. The van der Waals surface area contributed by atoms with Gasteiger partial charge in [0.25, 0.3) is 0 Å². The molecule has 0 aliphatic carbocycles. The molecule has 0 fully saturated rings. The highest BCUT2D eigenvalue weighted by Crippen LogP contribution is 2.46. The number of hydrogen-bond acceptors (Lipinski definition) is 1. The van der Waals surface area contributed by atoms with Gasteiger partial charge in [-0.3, -0.25) is 0 Å². The molecule has 3 heteroatoms. The van der Waals surface area contributed by atoms with E-state index in [4.69, 9.17) is 0 Å². The Kier molecular flexibility index (Phi) is 3.29. The number of hydrogen-bond donors (Lipinski definition) is 0. The van der Waals surface area contributed by atoms with E-state index in [2.05, 4.69) is 29.1 Å². The van der Waals surface area contributed by atoms with Crippen molar-refractivity contribution in [2.45, 2.75) is 0 Å². The highest BCUT2D eigenvalue weighted by atomic mass is 79.9. The highest BCUT2D eigenvalue weighted by molar-refractivity contribution is 9.10. The van der Waals surface area contributed by atoms with E-state index in [1.807, 2.05) is 24.3 Å². The van der Waals surface area contributed by atoms with Crippen LogP contribution in [0.4, 0.5) is 0 Å². The minimum Gasteiger partial charge on any atom is -0.310 e. The van der Waals surface area contributed by atoms with Crippen molar-refractivity contribution in [1.82, 2.24) is 0 Å². The largest absolute Gasteiger partial charge is 0.310 e. The molecule has 0 radical (unpaired) electrons. The van der Waals surface area contributed by atoms with Gasteiger partial charge in [0.15, 0.2) is 7.14 Å². The first-order chi connectivity index (χ1) is 6.12. The van der Waals surface area contributed by atoms with E-state index in [-0.39, 0.29) is 0 Å².